The number of imidazole rings is 1. The van der Waals surface area contributed by atoms with E-state index in [1.807, 2.05) is 0 Å². The first kappa shape index (κ1) is 13.4. The number of hydrogen-bond donors (Lipinski definition) is 0. The summed E-state index contributed by atoms with van der Waals surface area (Å²) in [5.41, 5.74) is 0.531. The molecule has 0 radical (unpaired) electrons. The lowest BCUT2D eigenvalue weighted by atomic mass is 10.1. The first-order chi connectivity index (χ1) is 9.06. The van der Waals surface area contributed by atoms with Crippen LogP contribution in [0.1, 0.15) is 26.5 Å². The van der Waals surface area contributed by atoms with Crippen LogP contribution in [0, 0.1) is 0 Å². The maximum Gasteiger partial charge on any atom is 0.302 e. The Morgan fingerprint density at radius 3 is 2.89 bits per heavy atom. The molecule has 7 nitrogen and oxygen atoms in total. The van der Waals surface area contributed by atoms with Crippen LogP contribution in [0.5, 0.6) is 0 Å². The van der Waals surface area contributed by atoms with Crippen LogP contribution in [0.3, 0.4) is 0 Å². The van der Waals surface area contributed by atoms with Gasteiger partial charge in [-0.25, -0.2) is 9.98 Å². The minimum atomic E-state index is -0.474. The number of ether oxygens (including phenoxy) is 2. The second-order valence-corrected chi connectivity index (χ2v) is 4.25. The normalized spacial score (nSPS) is 25.3. The van der Waals surface area contributed by atoms with Gasteiger partial charge in [-0.3, -0.25) is 9.59 Å². The third-order valence-corrected chi connectivity index (χ3v) is 2.59. The van der Waals surface area contributed by atoms with Gasteiger partial charge in [0.1, 0.15) is 6.10 Å². The fraction of sp³-hybridized carbons (Fsp3) is 0.500. The van der Waals surface area contributed by atoms with Crippen molar-refractivity contribution in [1.82, 2.24) is 9.55 Å². The molecule has 102 valence electrons. The van der Waals surface area contributed by atoms with E-state index in [0.29, 0.717) is 12.1 Å². The summed E-state index contributed by atoms with van der Waals surface area (Å²) in [5.74, 6) is -0.691. The Balaban J connectivity index is 2.17. The molecule has 1 saturated heterocycles. The number of hydrogen-bond acceptors (Lipinski definition) is 5. The summed E-state index contributed by atoms with van der Waals surface area (Å²) in [6, 6.07) is 0. The van der Waals surface area contributed by atoms with E-state index in [2.05, 4.69) is 9.98 Å². The number of nitrogens with zero attached hydrogens (tertiary/aromatic N) is 3. The Hall–Kier alpha value is -2.02. The van der Waals surface area contributed by atoms with E-state index in [1.165, 1.54) is 13.8 Å². The Bertz CT molecular complexity index is 495. The smallest absolute Gasteiger partial charge is 0.302 e. The molecular weight excluding hydrogens is 250 g/mol. The Kier molecular flexibility index (Phi) is 4.06. The van der Waals surface area contributed by atoms with Crippen molar-refractivity contribution < 1.29 is 19.1 Å². The van der Waals surface area contributed by atoms with E-state index < -0.39 is 12.3 Å². The van der Waals surface area contributed by atoms with Crippen molar-refractivity contribution >= 4 is 17.6 Å². The summed E-state index contributed by atoms with van der Waals surface area (Å²) >= 11 is 0. The van der Waals surface area contributed by atoms with Crippen LogP contribution < -0.4 is 0 Å². The quantitative estimate of drug-likeness (QED) is 0.736. The monoisotopic (exact) mass is 265 g/mol. The van der Waals surface area contributed by atoms with Crippen molar-refractivity contribution in [2.45, 2.75) is 32.6 Å². The molecule has 0 N–H and O–H groups in total. The maximum absolute atomic E-state index is 11.2. The highest BCUT2D eigenvalue weighted by atomic mass is 16.6. The highest BCUT2D eigenvalue weighted by Gasteiger charge is 2.30. The number of aromatic nitrogens is 2. The van der Waals surface area contributed by atoms with Crippen LogP contribution in [0.2, 0.25) is 0 Å². The lowest BCUT2D eigenvalue weighted by molar-refractivity contribution is -0.152. The van der Waals surface area contributed by atoms with Crippen LogP contribution in [-0.4, -0.2) is 39.9 Å². The molecule has 2 atom stereocenters. The van der Waals surface area contributed by atoms with Gasteiger partial charge in [0.05, 0.1) is 18.6 Å². The van der Waals surface area contributed by atoms with Crippen LogP contribution in [-0.2, 0) is 19.1 Å². The van der Waals surface area contributed by atoms with Crippen molar-refractivity contribution in [3.63, 3.8) is 0 Å². The van der Waals surface area contributed by atoms with E-state index in [9.17, 15) is 9.59 Å². The molecule has 2 rings (SSSR count). The summed E-state index contributed by atoms with van der Waals surface area (Å²) in [4.78, 5) is 30.0. The molecule has 1 aromatic rings. The molecule has 1 aromatic heterocycles. The van der Waals surface area contributed by atoms with Crippen LogP contribution >= 0.6 is 0 Å². The third kappa shape index (κ3) is 3.47. The van der Waals surface area contributed by atoms with Gasteiger partial charge in [0.2, 0.25) is 5.91 Å². The molecule has 0 spiro atoms. The average Bonchev–Trinajstić information content (AvgIpc) is 2.81. The van der Waals surface area contributed by atoms with Crippen LogP contribution in [0.15, 0.2) is 23.7 Å². The van der Waals surface area contributed by atoms with E-state index >= 15 is 0 Å². The first-order valence-corrected chi connectivity index (χ1v) is 5.90. The minimum Gasteiger partial charge on any atom is -0.460 e. The SMILES string of the molecule is CC(=O)N=C1C[C@H](OC(C)=O)CO[C@H]1n1ccnc1. The van der Waals surface area contributed by atoms with Crippen molar-refractivity contribution in [2.75, 3.05) is 6.61 Å². The van der Waals surface area contributed by atoms with Crippen molar-refractivity contribution in [3.05, 3.63) is 18.7 Å². The fourth-order valence-electron chi connectivity index (χ4n) is 1.97. The molecule has 0 saturated carbocycles. The summed E-state index contributed by atoms with van der Waals surface area (Å²) < 4.78 is 12.4. The number of carbonyl (C=O) groups is 2. The average molecular weight is 265 g/mol. The van der Waals surface area contributed by atoms with Gasteiger partial charge in [-0.2, -0.15) is 0 Å². The molecule has 0 bridgehead atoms. The zero-order valence-electron chi connectivity index (χ0n) is 10.8. The number of carbonyl (C=O) groups excluding carboxylic acids is 2. The molecule has 7 heteroatoms. The lowest BCUT2D eigenvalue weighted by Crippen LogP contribution is -2.37. The molecule has 0 aromatic carbocycles. The van der Waals surface area contributed by atoms with Gasteiger partial charge in [-0.1, -0.05) is 0 Å². The molecule has 1 fully saturated rings. The molecule has 0 aliphatic carbocycles. The summed E-state index contributed by atoms with van der Waals surface area (Å²) in [5, 5.41) is 0. The largest absolute Gasteiger partial charge is 0.460 e. The molecular formula is C12H15N3O4. The number of esters is 1. The van der Waals surface area contributed by atoms with Gasteiger partial charge >= 0.3 is 5.97 Å². The summed E-state index contributed by atoms with van der Waals surface area (Å²) in [6.45, 7) is 2.97. The molecule has 0 unspecified atom stereocenters. The molecule has 1 aliphatic heterocycles. The molecule has 1 aliphatic rings. The molecule has 19 heavy (non-hydrogen) atoms. The second kappa shape index (κ2) is 5.75. The van der Waals surface area contributed by atoms with Gasteiger partial charge in [0.15, 0.2) is 6.23 Å². The third-order valence-electron chi connectivity index (χ3n) is 2.59. The van der Waals surface area contributed by atoms with E-state index in [4.69, 9.17) is 9.47 Å². The Labute approximate surface area is 110 Å². The predicted octanol–water partition coefficient (Wildman–Crippen LogP) is 0.721. The predicted molar refractivity (Wildman–Crippen MR) is 65.5 cm³/mol. The molecule has 1 amide bonds. The van der Waals surface area contributed by atoms with Crippen molar-refractivity contribution in [2.24, 2.45) is 4.99 Å². The zero-order valence-corrected chi connectivity index (χ0v) is 10.8. The number of amides is 1. The maximum atomic E-state index is 11.2. The van der Waals surface area contributed by atoms with Gasteiger partial charge in [0.25, 0.3) is 0 Å². The minimum absolute atomic E-state index is 0.263. The lowest BCUT2D eigenvalue weighted by Gasteiger charge is -2.30. The number of rotatable bonds is 2. The standard InChI is InChI=1S/C12H15N3O4/c1-8(16)14-11-5-10(19-9(2)17)6-18-12(11)15-4-3-13-7-15/h3-4,7,10,12H,5-6H2,1-2H3/t10-,12+/m0/s1. The van der Waals surface area contributed by atoms with Crippen molar-refractivity contribution in [1.29, 1.82) is 0 Å². The van der Waals surface area contributed by atoms with E-state index in [1.54, 1.807) is 23.3 Å². The molecule has 2 heterocycles. The first-order valence-electron chi connectivity index (χ1n) is 5.90. The zero-order chi connectivity index (χ0) is 13.8. The van der Waals surface area contributed by atoms with Crippen LogP contribution in [0.4, 0.5) is 0 Å². The van der Waals surface area contributed by atoms with E-state index in [-0.39, 0.29) is 18.5 Å². The van der Waals surface area contributed by atoms with Gasteiger partial charge < -0.3 is 14.0 Å². The highest BCUT2D eigenvalue weighted by molar-refractivity contribution is 5.97. The summed E-state index contributed by atoms with van der Waals surface area (Å²) in [7, 11) is 0. The van der Waals surface area contributed by atoms with Crippen molar-refractivity contribution in [3.8, 4) is 0 Å². The second-order valence-electron chi connectivity index (χ2n) is 4.25. The topological polar surface area (TPSA) is 82.8 Å². The Morgan fingerprint density at radius 2 is 2.32 bits per heavy atom. The number of aliphatic imine (C=N–C) groups is 1. The summed E-state index contributed by atoms with van der Waals surface area (Å²) in [6.07, 6.45) is 4.43. The highest BCUT2D eigenvalue weighted by Crippen LogP contribution is 2.22. The van der Waals surface area contributed by atoms with Gasteiger partial charge in [-0.15, -0.1) is 0 Å². The fourth-order valence-corrected chi connectivity index (χ4v) is 1.97. The van der Waals surface area contributed by atoms with Gasteiger partial charge in [0, 0.05) is 32.7 Å². The Morgan fingerprint density at radius 1 is 1.53 bits per heavy atom. The van der Waals surface area contributed by atoms with Gasteiger partial charge in [-0.05, 0) is 0 Å². The van der Waals surface area contributed by atoms with E-state index in [0.717, 1.165) is 0 Å². The van der Waals surface area contributed by atoms with Crippen LogP contribution in [0.25, 0.3) is 0 Å².